The highest BCUT2D eigenvalue weighted by atomic mass is 16.5. The largest absolute Gasteiger partial charge is 0.493 e. The van der Waals surface area contributed by atoms with Crippen LogP contribution in [0.5, 0.6) is 5.75 Å². The Hall–Kier alpha value is -3.37. The third-order valence-corrected chi connectivity index (χ3v) is 6.68. The summed E-state index contributed by atoms with van der Waals surface area (Å²) in [6.07, 6.45) is 2.88. The lowest BCUT2D eigenvalue weighted by atomic mass is 9.88. The smallest absolute Gasteiger partial charge is 0.253 e. The van der Waals surface area contributed by atoms with E-state index in [-0.39, 0.29) is 5.91 Å². The zero-order chi connectivity index (χ0) is 24.5. The molecule has 1 heterocycles. The van der Waals surface area contributed by atoms with Crippen LogP contribution in [-0.4, -0.2) is 43.6 Å². The summed E-state index contributed by atoms with van der Waals surface area (Å²) in [4.78, 5) is 14.7. The summed E-state index contributed by atoms with van der Waals surface area (Å²) in [6.45, 7) is 8.06. The number of hydrogen-bond acceptors (Lipinski definition) is 3. The number of nitrogens with zero attached hydrogens (tertiary/aromatic N) is 1. The van der Waals surface area contributed by atoms with Crippen LogP contribution in [0.1, 0.15) is 53.7 Å². The zero-order valence-electron chi connectivity index (χ0n) is 20.9. The van der Waals surface area contributed by atoms with Crippen molar-refractivity contribution >= 4 is 11.5 Å². The number of amides is 1. The van der Waals surface area contributed by atoms with Gasteiger partial charge >= 0.3 is 0 Å². The van der Waals surface area contributed by atoms with E-state index in [4.69, 9.17) is 4.74 Å². The monoisotopic (exact) mass is 468 g/mol. The molecule has 4 nitrogen and oxygen atoms in total. The van der Waals surface area contributed by atoms with Crippen LogP contribution in [0.3, 0.4) is 0 Å². The van der Waals surface area contributed by atoms with Crippen molar-refractivity contribution in [2.75, 3.05) is 32.8 Å². The van der Waals surface area contributed by atoms with E-state index >= 15 is 0 Å². The Bertz CT molecular complexity index is 1120. The number of ether oxygens (including phenoxy) is 1. The molecule has 0 bridgehead atoms. The molecule has 0 unspecified atom stereocenters. The number of piperidine rings is 1. The van der Waals surface area contributed by atoms with Crippen LogP contribution in [0.25, 0.3) is 5.57 Å². The van der Waals surface area contributed by atoms with E-state index in [9.17, 15) is 4.79 Å². The predicted octanol–water partition coefficient (Wildman–Crippen LogP) is 5.98. The molecule has 4 rings (SSSR count). The summed E-state index contributed by atoms with van der Waals surface area (Å²) in [5.74, 6) is 0.995. The van der Waals surface area contributed by atoms with Gasteiger partial charge in [-0.2, -0.15) is 0 Å². The molecule has 1 saturated heterocycles. The Kier molecular flexibility index (Phi) is 8.74. The second-order valence-corrected chi connectivity index (χ2v) is 8.86. The lowest BCUT2D eigenvalue weighted by Crippen LogP contribution is -2.30. The standard InChI is InChI=1S/C31H36N2O2/c1-3-33(4-2)31(34)27-16-14-25(15-17-27)30(26-18-21-32-22-19-26)28-12-8-9-13-29(28)35-23-20-24-10-6-5-7-11-24/h5-17,32H,3-4,18-23H2,1-2H3. The minimum atomic E-state index is 0.0854. The first-order chi connectivity index (χ1) is 17.2. The highest BCUT2D eigenvalue weighted by Gasteiger charge is 2.19. The SMILES string of the molecule is CCN(CC)C(=O)c1ccc(C(=C2CCNCC2)c2ccccc2OCCc2ccccc2)cc1. The molecule has 0 spiro atoms. The summed E-state index contributed by atoms with van der Waals surface area (Å²) >= 11 is 0. The molecule has 182 valence electrons. The fourth-order valence-corrected chi connectivity index (χ4v) is 4.72. The van der Waals surface area contributed by atoms with Crippen LogP contribution in [0, 0.1) is 0 Å². The topological polar surface area (TPSA) is 41.6 Å². The Labute approximate surface area is 209 Å². The van der Waals surface area contributed by atoms with E-state index in [1.54, 1.807) is 0 Å². The molecular formula is C31H36N2O2. The normalized spacial score (nSPS) is 13.4. The molecule has 1 aliphatic rings. The van der Waals surface area contributed by atoms with Crippen molar-refractivity contribution in [3.05, 3.63) is 107 Å². The molecule has 0 radical (unpaired) electrons. The minimum Gasteiger partial charge on any atom is -0.493 e. The van der Waals surface area contributed by atoms with Gasteiger partial charge in [-0.3, -0.25) is 4.79 Å². The predicted molar refractivity (Wildman–Crippen MR) is 144 cm³/mol. The molecule has 1 amide bonds. The van der Waals surface area contributed by atoms with Crippen molar-refractivity contribution in [3.63, 3.8) is 0 Å². The zero-order valence-corrected chi connectivity index (χ0v) is 20.9. The van der Waals surface area contributed by atoms with Crippen LogP contribution in [0.4, 0.5) is 0 Å². The fraction of sp³-hybridized carbons (Fsp3) is 0.323. The maximum absolute atomic E-state index is 12.8. The van der Waals surface area contributed by atoms with E-state index in [0.717, 1.165) is 54.8 Å². The number of carbonyl (C=O) groups is 1. The molecule has 3 aromatic carbocycles. The van der Waals surface area contributed by atoms with E-state index < -0.39 is 0 Å². The van der Waals surface area contributed by atoms with Gasteiger partial charge in [0.15, 0.2) is 0 Å². The van der Waals surface area contributed by atoms with Crippen molar-refractivity contribution in [1.82, 2.24) is 10.2 Å². The summed E-state index contributed by atoms with van der Waals surface area (Å²) in [5, 5.41) is 3.47. The van der Waals surface area contributed by atoms with Gasteiger partial charge in [-0.15, -0.1) is 0 Å². The fourth-order valence-electron chi connectivity index (χ4n) is 4.72. The van der Waals surface area contributed by atoms with Crippen LogP contribution in [0.15, 0.2) is 84.4 Å². The molecule has 1 aliphatic heterocycles. The maximum atomic E-state index is 12.8. The van der Waals surface area contributed by atoms with E-state index in [1.807, 2.05) is 43.0 Å². The van der Waals surface area contributed by atoms with Crippen molar-refractivity contribution < 1.29 is 9.53 Å². The number of carbonyl (C=O) groups excluding carboxylic acids is 1. The van der Waals surface area contributed by atoms with Gasteiger partial charge in [0.25, 0.3) is 5.91 Å². The minimum absolute atomic E-state index is 0.0854. The number of benzene rings is 3. The number of rotatable bonds is 9. The van der Waals surface area contributed by atoms with Crippen molar-refractivity contribution in [3.8, 4) is 5.75 Å². The van der Waals surface area contributed by atoms with E-state index in [1.165, 1.54) is 16.7 Å². The number of para-hydroxylation sites is 1. The van der Waals surface area contributed by atoms with Crippen LogP contribution < -0.4 is 10.1 Å². The molecule has 1 fully saturated rings. The Morgan fingerprint density at radius 3 is 2.14 bits per heavy atom. The highest BCUT2D eigenvalue weighted by Crippen LogP contribution is 2.36. The molecule has 3 aromatic rings. The van der Waals surface area contributed by atoms with Gasteiger partial charge in [0.05, 0.1) is 6.61 Å². The molecule has 0 saturated carbocycles. The third kappa shape index (κ3) is 6.20. The second kappa shape index (κ2) is 12.4. The average Bonchev–Trinajstić information content (AvgIpc) is 2.92. The first kappa shape index (κ1) is 24.7. The van der Waals surface area contributed by atoms with Gasteiger partial charge in [0.1, 0.15) is 5.75 Å². The van der Waals surface area contributed by atoms with Crippen molar-refractivity contribution in [1.29, 1.82) is 0 Å². The molecule has 4 heteroatoms. The number of nitrogens with one attached hydrogen (secondary N) is 1. The second-order valence-electron chi connectivity index (χ2n) is 8.86. The average molecular weight is 469 g/mol. The van der Waals surface area contributed by atoms with Crippen LogP contribution in [-0.2, 0) is 6.42 Å². The summed E-state index contributed by atoms with van der Waals surface area (Å²) in [5.41, 5.74) is 6.95. The Morgan fingerprint density at radius 2 is 1.46 bits per heavy atom. The van der Waals surface area contributed by atoms with Gasteiger partial charge < -0.3 is 15.0 Å². The van der Waals surface area contributed by atoms with Crippen molar-refractivity contribution in [2.24, 2.45) is 0 Å². The molecule has 1 N–H and O–H groups in total. The first-order valence-electron chi connectivity index (χ1n) is 12.8. The van der Waals surface area contributed by atoms with Crippen LogP contribution >= 0.6 is 0 Å². The molecule has 0 aromatic heterocycles. The number of hydrogen-bond donors (Lipinski definition) is 1. The lowest BCUT2D eigenvalue weighted by molar-refractivity contribution is 0.0773. The molecule has 0 atom stereocenters. The quantitative estimate of drug-likeness (QED) is 0.420. The maximum Gasteiger partial charge on any atom is 0.253 e. The van der Waals surface area contributed by atoms with Gasteiger partial charge in [-0.1, -0.05) is 66.2 Å². The van der Waals surface area contributed by atoms with Crippen LogP contribution in [0.2, 0.25) is 0 Å². The Balaban J connectivity index is 1.64. The third-order valence-electron chi connectivity index (χ3n) is 6.68. The van der Waals surface area contributed by atoms with Crippen molar-refractivity contribution in [2.45, 2.75) is 33.1 Å². The van der Waals surface area contributed by atoms with E-state index in [2.05, 4.69) is 59.9 Å². The van der Waals surface area contributed by atoms with Gasteiger partial charge in [-0.05, 0) is 74.7 Å². The van der Waals surface area contributed by atoms with Gasteiger partial charge in [-0.25, -0.2) is 0 Å². The molecule has 35 heavy (non-hydrogen) atoms. The van der Waals surface area contributed by atoms with Gasteiger partial charge in [0.2, 0.25) is 0 Å². The molecular weight excluding hydrogens is 432 g/mol. The summed E-state index contributed by atoms with van der Waals surface area (Å²) in [6, 6.07) is 26.9. The van der Waals surface area contributed by atoms with E-state index in [0.29, 0.717) is 19.7 Å². The summed E-state index contributed by atoms with van der Waals surface area (Å²) < 4.78 is 6.35. The van der Waals surface area contributed by atoms with Gasteiger partial charge in [0, 0.05) is 30.6 Å². The molecule has 0 aliphatic carbocycles. The highest BCUT2D eigenvalue weighted by molar-refractivity contribution is 5.95. The lowest BCUT2D eigenvalue weighted by Gasteiger charge is -2.23. The Morgan fingerprint density at radius 1 is 0.829 bits per heavy atom. The first-order valence-corrected chi connectivity index (χ1v) is 12.8. The summed E-state index contributed by atoms with van der Waals surface area (Å²) in [7, 11) is 0.